The number of anilines is 2. The van der Waals surface area contributed by atoms with Gasteiger partial charge in [-0.1, -0.05) is 18.2 Å². The largest absolute Gasteiger partial charge is 0.444 e. The van der Waals surface area contributed by atoms with Crippen LogP contribution in [0.25, 0.3) is 12.2 Å². The molecular weight excluding hydrogens is 338 g/mol. The van der Waals surface area contributed by atoms with Crippen molar-refractivity contribution in [3.05, 3.63) is 40.9 Å². The minimum atomic E-state index is -0.548. The minimum Gasteiger partial charge on any atom is -0.444 e. The number of rotatable bonds is 4. The first-order valence-electron chi connectivity index (χ1n) is 7.72. The summed E-state index contributed by atoms with van der Waals surface area (Å²) in [6, 6.07) is 7.46. The van der Waals surface area contributed by atoms with Gasteiger partial charge in [-0.25, -0.2) is 9.78 Å². The van der Waals surface area contributed by atoms with Gasteiger partial charge in [-0.05, 0) is 44.5 Å². The maximum absolute atomic E-state index is 11.7. The van der Waals surface area contributed by atoms with Crippen molar-refractivity contribution in [3.63, 3.8) is 0 Å². The van der Waals surface area contributed by atoms with Gasteiger partial charge in [-0.3, -0.25) is 10.1 Å². The maximum atomic E-state index is 11.7. The summed E-state index contributed by atoms with van der Waals surface area (Å²) in [7, 11) is 0. The van der Waals surface area contributed by atoms with Crippen LogP contribution in [-0.4, -0.2) is 22.6 Å². The van der Waals surface area contributed by atoms with Crippen molar-refractivity contribution >= 4 is 46.3 Å². The lowest BCUT2D eigenvalue weighted by Gasteiger charge is -2.18. The van der Waals surface area contributed by atoms with Crippen molar-refractivity contribution < 1.29 is 14.3 Å². The fourth-order valence-corrected chi connectivity index (χ4v) is 2.54. The van der Waals surface area contributed by atoms with Gasteiger partial charge in [0, 0.05) is 18.0 Å². The van der Waals surface area contributed by atoms with Gasteiger partial charge in [0.15, 0.2) is 5.13 Å². The van der Waals surface area contributed by atoms with Crippen LogP contribution in [0.3, 0.4) is 0 Å². The zero-order chi connectivity index (χ0) is 18.4. The molecule has 0 aliphatic carbocycles. The summed E-state index contributed by atoms with van der Waals surface area (Å²) in [6.07, 6.45) is 3.24. The topological polar surface area (TPSA) is 80.3 Å². The van der Waals surface area contributed by atoms with Crippen LogP contribution in [0, 0.1) is 0 Å². The minimum absolute atomic E-state index is 0.101. The summed E-state index contributed by atoms with van der Waals surface area (Å²) in [5, 5.41) is 7.66. The van der Waals surface area contributed by atoms with Crippen molar-refractivity contribution in [1.82, 2.24) is 4.98 Å². The summed E-state index contributed by atoms with van der Waals surface area (Å²) in [4.78, 5) is 27.0. The molecule has 1 heterocycles. The highest BCUT2D eigenvalue weighted by atomic mass is 32.1. The van der Waals surface area contributed by atoms with E-state index in [9.17, 15) is 9.59 Å². The third-order valence-electron chi connectivity index (χ3n) is 2.81. The Kier molecular flexibility index (Phi) is 5.93. The Balaban J connectivity index is 1.95. The average Bonchev–Trinajstić information content (AvgIpc) is 2.91. The van der Waals surface area contributed by atoms with Gasteiger partial charge in [0.1, 0.15) is 5.60 Å². The molecule has 25 heavy (non-hydrogen) atoms. The Bertz CT molecular complexity index is 774. The normalized spacial score (nSPS) is 11.4. The molecule has 0 fully saturated rings. The molecule has 1 aromatic carbocycles. The quantitative estimate of drug-likeness (QED) is 0.835. The Morgan fingerprint density at radius 3 is 2.40 bits per heavy atom. The third kappa shape index (κ3) is 6.76. The van der Waals surface area contributed by atoms with Gasteiger partial charge in [0.2, 0.25) is 5.91 Å². The molecule has 0 spiro atoms. The first kappa shape index (κ1) is 18.7. The number of nitrogens with one attached hydrogen (secondary N) is 2. The number of thiazole rings is 1. The predicted molar refractivity (Wildman–Crippen MR) is 102 cm³/mol. The van der Waals surface area contributed by atoms with E-state index in [0.717, 1.165) is 16.9 Å². The summed E-state index contributed by atoms with van der Waals surface area (Å²) >= 11 is 1.33. The van der Waals surface area contributed by atoms with Gasteiger partial charge < -0.3 is 10.1 Å². The van der Waals surface area contributed by atoms with Crippen molar-refractivity contribution in [1.29, 1.82) is 0 Å². The van der Waals surface area contributed by atoms with Crippen LogP contribution in [0.2, 0.25) is 0 Å². The molecule has 1 aromatic heterocycles. The summed E-state index contributed by atoms with van der Waals surface area (Å²) in [5.41, 5.74) is 1.92. The van der Waals surface area contributed by atoms with Gasteiger partial charge in [-0.15, -0.1) is 11.3 Å². The fourth-order valence-electron chi connectivity index (χ4n) is 1.87. The van der Waals surface area contributed by atoms with E-state index in [4.69, 9.17) is 4.74 Å². The Hall–Kier alpha value is -2.67. The summed E-state index contributed by atoms with van der Waals surface area (Å²) in [6.45, 7) is 6.89. The van der Waals surface area contributed by atoms with Crippen LogP contribution in [0.1, 0.15) is 39.0 Å². The molecular formula is C18H21N3O3S. The average molecular weight is 359 g/mol. The predicted octanol–water partition coefficient (Wildman–Crippen LogP) is 4.62. The molecule has 0 saturated heterocycles. The van der Waals surface area contributed by atoms with Gasteiger partial charge >= 0.3 is 6.09 Å². The Morgan fingerprint density at radius 1 is 1.12 bits per heavy atom. The number of hydrogen-bond acceptors (Lipinski definition) is 5. The van der Waals surface area contributed by atoms with Gasteiger partial charge in [-0.2, -0.15) is 0 Å². The third-order valence-corrected chi connectivity index (χ3v) is 3.58. The summed E-state index contributed by atoms with van der Waals surface area (Å²) < 4.78 is 5.19. The van der Waals surface area contributed by atoms with Gasteiger partial charge in [0.25, 0.3) is 0 Å². The SMILES string of the molecule is CC(=O)Nc1ccc(C=Cc2csc(NC(=O)OC(C)(C)C)n2)cc1. The van der Waals surface area contributed by atoms with Crippen molar-refractivity contribution in [2.45, 2.75) is 33.3 Å². The molecule has 2 amide bonds. The zero-order valence-electron chi connectivity index (χ0n) is 14.6. The molecule has 2 rings (SSSR count). The highest BCUT2D eigenvalue weighted by molar-refractivity contribution is 7.14. The first-order valence-corrected chi connectivity index (χ1v) is 8.60. The number of amides is 2. The van der Waals surface area contributed by atoms with Crippen LogP contribution in [0.5, 0.6) is 0 Å². The van der Waals surface area contributed by atoms with Crippen molar-refractivity contribution in [2.24, 2.45) is 0 Å². The van der Waals surface area contributed by atoms with E-state index >= 15 is 0 Å². The standard InChI is InChI=1S/C18H21N3O3S/c1-12(22)19-14-8-5-13(6-9-14)7-10-15-11-25-16(20-15)21-17(23)24-18(2,3)4/h5-11H,1-4H3,(H,19,22)(H,20,21,23). The second-order valence-electron chi connectivity index (χ2n) is 6.34. The second-order valence-corrected chi connectivity index (χ2v) is 7.20. The number of ether oxygens (including phenoxy) is 1. The molecule has 0 atom stereocenters. The van der Waals surface area contributed by atoms with Crippen LogP contribution >= 0.6 is 11.3 Å². The van der Waals surface area contributed by atoms with Crippen LogP contribution in [-0.2, 0) is 9.53 Å². The lowest BCUT2D eigenvalue weighted by atomic mass is 10.2. The van der Waals surface area contributed by atoms with E-state index in [1.54, 1.807) is 20.8 Å². The van der Waals surface area contributed by atoms with Crippen LogP contribution < -0.4 is 10.6 Å². The van der Waals surface area contributed by atoms with E-state index in [0.29, 0.717) is 5.13 Å². The highest BCUT2D eigenvalue weighted by Crippen LogP contribution is 2.19. The number of hydrogen-bond donors (Lipinski definition) is 2. The van der Waals surface area contributed by atoms with E-state index in [1.165, 1.54) is 18.3 Å². The maximum Gasteiger partial charge on any atom is 0.413 e. The monoisotopic (exact) mass is 359 g/mol. The molecule has 132 valence electrons. The molecule has 2 aromatic rings. The van der Waals surface area contributed by atoms with E-state index in [1.807, 2.05) is 41.8 Å². The number of nitrogens with zero attached hydrogens (tertiary/aromatic N) is 1. The Labute approximate surface area is 150 Å². The molecule has 0 saturated carbocycles. The Morgan fingerprint density at radius 2 is 1.80 bits per heavy atom. The van der Waals surface area contributed by atoms with Crippen molar-refractivity contribution in [2.75, 3.05) is 10.6 Å². The highest BCUT2D eigenvalue weighted by Gasteiger charge is 2.17. The number of benzene rings is 1. The van der Waals surface area contributed by atoms with E-state index in [-0.39, 0.29) is 5.91 Å². The molecule has 7 heteroatoms. The number of carbonyl (C=O) groups is 2. The molecule has 0 unspecified atom stereocenters. The smallest absolute Gasteiger partial charge is 0.413 e. The van der Waals surface area contributed by atoms with E-state index < -0.39 is 11.7 Å². The van der Waals surface area contributed by atoms with Gasteiger partial charge in [0.05, 0.1) is 5.69 Å². The van der Waals surface area contributed by atoms with Crippen molar-refractivity contribution in [3.8, 4) is 0 Å². The number of carbonyl (C=O) groups excluding carboxylic acids is 2. The lowest BCUT2D eigenvalue weighted by Crippen LogP contribution is -2.27. The molecule has 2 N–H and O–H groups in total. The lowest BCUT2D eigenvalue weighted by molar-refractivity contribution is -0.114. The molecule has 0 aliphatic rings. The fraction of sp³-hybridized carbons (Fsp3) is 0.278. The van der Waals surface area contributed by atoms with E-state index in [2.05, 4.69) is 15.6 Å². The second kappa shape index (κ2) is 7.94. The summed E-state index contributed by atoms with van der Waals surface area (Å²) in [5.74, 6) is -0.101. The van der Waals surface area contributed by atoms with Crippen LogP contribution in [0.4, 0.5) is 15.6 Å². The van der Waals surface area contributed by atoms with Crippen LogP contribution in [0.15, 0.2) is 29.6 Å². The first-order chi connectivity index (χ1) is 11.7. The molecule has 0 aliphatic heterocycles. The molecule has 0 radical (unpaired) electrons. The molecule has 6 nitrogen and oxygen atoms in total. The number of aromatic nitrogens is 1. The zero-order valence-corrected chi connectivity index (χ0v) is 15.4. The molecule has 0 bridgehead atoms.